The smallest absolute Gasteiger partial charge is 0.279 e. The minimum absolute atomic E-state index is 0.470. The second-order valence-corrected chi connectivity index (χ2v) is 6.18. The molecule has 80 valence electrons. The van der Waals surface area contributed by atoms with E-state index in [1.165, 1.54) is 4.90 Å². The molecule has 1 amide bonds. The van der Waals surface area contributed by atoms with Crippen LogP contribution in [-0.4, -0.2) is 26.9 Å². The molecule has 1 heterocycles. The van der Waals surface area contributed by atoms with Crippen LogP contribution in [0, 0.1) is 0 Å². The van der Waals surface area contributed by atoms with Crippen LogP contribution in [0.4, 0.5) is 0 Å². The van der Waals surface area contributed by atoms with Crippen molar-refractivity contribution >= 4 is 52.5 Å². The molecule has 1 aliphatic heterocycles. The molecular formula is C8H10Cl3NOS. The Morgan fingerprint density at radius 2 is 2.21 bits per heavy atom. The molecule has 6 heteroatoms. The van der Waals surface area contributed by atoms with Gasteiger partial charge in [0.05, 0.1) is 5.03 Å². The van der Waals surface area contributed by atoms with Crippen LogP contribution < -0.4 is 0 Å². The van der Waals surface area contributed by atoms with Crippen LogP contribution >= 0.6 is 46.6 Å². The third-order valence-corrected chi connectivity index (χ3v) is 3.51. The molecule has 2 nitrogen and oxygen atoms in total. The number of hydrogen-bond acceptors (Lipinski definition) is 2. The van der Waals surface area contributed by atoms with Crippen LogP contribution in [0.15, 0.2) is 11.1 Å². The largest absolute Gasteiger partial charge is 0.303 e. The zero-order chi connectivity index (χ0) is 10.8. The predicted octanol–water partition coefficient (Wildman–Crippen LogP) is 3.18. The SMILES string of the molecule is C/C=C1\SCCCN1C(=O)C(Cl)(Cl)Cl. The standard InChI is InChI=1S/C8H10Cl3NOS/c1-2-6-12(4-3-5-14-6)7(13)8(9,10)11/h2H,3-5H2,1H3/b6-2-. The van der Waals surface area contributed by atoms with Gasteiger partial charge < -0.3 is 4.90 Å². The van der Waals surface area contributed by atoms with Gasteiger partial charge in [-0.3, -0.25) is 4.79 Å². The van der Waals surface area contributed by atoms with E-state index in [9.17, 15) is 4.79 Å². The van der Waals surface area contributed by atoms with E-state index in [0.29, 0.717) is 6.54 Å². The normalized spacial score (nSPS) is 21.4. The molecule has 0 radical (unpaired) electrons. The Bertz CT molecular complexity index is 262. The average Bonchev–Trinajstić information content (AvgIpc) is 2.15. The molecule has 0 bridgehead atoms. The number of alkyl halides is 3. The summed E-state index contributed by atoms with van der Waals surface area (Å²) in [5, 5.41) is 0.868. The van der Waals surface area contributed by atoms with Crippen molar-refractivity contribution in [2.24, 2.45) is 0 Å². The Balaban J connectivity index is 2.80. The van der Waals surface area contributed by atoms with Gasteiger partial charge in [0.25, 0.3) is 9.70 Å². The lowest BCUT2D eigenvalue weighted by Gasteiger charge is -2.31. The number of carbonyl (C=O) groups is 1. The summed E-state index contributed by atoms with van der Waals surface area (Å²) in [6.07, 6.45) is 2.78. The Hall–Kier alpha value is 0.430. The van der Waals surface area contributed by atoms with Gasteiger partial charge in [-0.1, -0.05) is 40.9 Å². The summed E-state index contributed by atoms with van der Waals surface area (Å²) in [6, 6.07) is 0. The van der Waals surface area contributed by atoms with E-state index in [0.717, 1.165) is 17.2 Å². The van der Waals surface area contributed by atoms with Crippen LogP contribution in [0.2, 0.25) is 0 Å². The lowest BCUT2D eigenvalue weighted by Crippen LogP contribution is -2.40. The van der Waals surface area contributed by atoms with E-state index in [-0.39, 0.29) is 0 Å². The second kappa shape index (κ2) is 4.97. The first kappa shape index (κ1) is 12.5. The minimum Gasteiger partial charge on any atom is -0.303 e. The number of nitrogens with zero attached hydrogens (tertiary/aromatic N) is 1. The Morgan fingerprint density at radius 1 is 1.57 bits per heavy atom. The highest BCUT2D eigenvalue weighted by atomic mass is 35.6. The van der Waals surface area contributed by atoms with Gasteiger partial charge in [-0.2, -0.15) is 0 Å². The summed E-state index contributed by atoms with van der Waals surface area (Å²) < 4.78 is -1.85. The van der Waals surface area contributed by atoms with Gasteiger partial charge in [-0.25, -0.2) is 0 Å². The highest BCUT2D eigenvalue weighted by Gasteiger charge is 2.37. The van der Waals surface area contributed by atoms with Gasteiger partial charge >= 0.3 is 0 Å². The Labute approximate surface area is 103 Å². The monoisotopic (exact) mass is 273 g/mol. The molecule has 0 N–H and O–H groups in total. The van der Waals surface area contributed by atoms with Crippen LogP contribution in [-0.2, 0) is 4.79 Å². The maximum absolute atomic E-state index is 11.7. The maximum atomic E-state index is 11.7. The molecule has 0 aliphatic carbocycles. The van der Waals surface area contributed by atoms with E-state index in [1.54, 1.807) is 11.8 Å². The van der Waals surface area contributed by atoms with E-state index in [2.05, 4.69) is 0 Å². The summed E-state index contributed by atoms with van der Waals surface area (Å²) in [6.45, 7) is 2.49. The molecule has 1 rings (SSSR count). The fourth-order valence-corrected chi connectivity index (χ4v) is 2.47. The van der Waals surface area contributed by atoms with Crippen LogP contribution in [0.3, 0.4) is 0 Å². The van der Waals surface area contributed by atoms with E-state index in [1.807, 2.05) is 13.0 Å². The fraction of sp³-hybridized carbons (Fsp3) is 0.625. The topological polar surface area (TPSA) is 20.3 Å². The molecule has 0 aromatic rings. The van der Waals surface area contributed by atoms with Crippen molar-refractivity contribution in [1.29, 1.82) is 0 Å². The molecular weight excluding hydrogens is 265 g/mol. The first-order valence-electron chi connectivity index (χ1n) is 4.14. The number of amides is 1. The number of carbonyl (C=O) groups excluding carboxylic acids is 1. The van der Waals surface area contributed by atoms with Crippen LogP contribution in [0.1, 0.15) is 13.3 Å². The van der Waals surface area contributed by atoms with Crippen molar-refractivity contribution in [3.63, 3.8) is 0 Å². The molecule has 1 aliphatic rings. The molecule has 0 aromatic carbocycles. The third-order valence-electron chi connectivity index (χ3n) is 1.78. The second-order valence-electron chi connectivity index (χ2n) is 2.78. The van der Waals surface area contributed by atoms with Gasteiger partial charge in [0.1, 0.15) is 0 Å². The van der Waals surface area contributed by atoms with Crippen LogP contribution in [0.25, 0.3) is 0 Å². The zero-order valence-electron chi connectivity index (χ0n) is 7.60. The van der Waals surface area contributed by atoms with Gasteiger partial charge in [0.2, 0.25) is 0 Å². The van der Waals surface area contributed by atoms with Crippen molar-refractivity contribution in [3.05, 3.63) is 11.1 Å². The molecule has 14 heavy (non-hydrogen) atoms. The summed E-state index contributed by atoms with van der Waals surface area (Å²) in [7, 11) is 0. The predicted molar refractivity (Wildman–Crippen MR) is 62.8 cm³/mol. The first-order valence-corrected chi connectivity index (χ1v) is 6.26. The van der Waals surface area contributed by atoms with Gasteiger partial charge in [-0.05, 0) is 13.3 Å². The van der Waals surface area contributed by atoms with Crippen molar-refractivity contribution < 1.29 is 4.79 Å². The van der Waals surface area contributed by atoms with Crippen molar-refractivity contribution in [2.45, 2.75) is 17.1 Å². The van der Waals surface area contributed by atoms with E-state index < -0.39 is 9.70 Å². The summed E-state index contributed by atoms with van der Waals surface area (Å²) in [4.78, 5) is 13.2. The molecule has 0 spiro atoms. The summed E-state index contributed by atoms with van der Waals surface area (Å²) in [5.41, 5.74) is 0. The van der Waals surface area contributed by atoms with Crippen molar-refractivity contribution in [2.75, 3.05) is 12.3 Å². The van der Waals surface area contributed by atoms with Gasteiger partial charge in [0, 0.05) is 12.3 Å². The third kappa shape index (κ3) is 2.96. The molecule has 0 saturated carbocycles. The molecule has 1 fully saturated rings. The molecule has 1 saturated heterocycles. The zero-order valence-corrected chi connectivity index (χ0v) is 10.7. The quantitative estimate of drug-likeness (QED) is 0.632. The first-order chi connectivity index (χ1) is 6.46. The number of rotatable bonds is 0. The van der Waals surface area contributed by atoms with E-state index in [4.69, 9.17) is 34.8 Å². The number of halogens is 3. The van der Waals surface area contributed by atoms with E-state index >= 15 is 0 Å². The highest BCUT2D eigenvalue weighted by Crippen LogP contribution is 2.34. The van der Waals surface area contributed by atoms with Gasteiger partial charge in [-0.15, -0.1) is 11.8 Å². The maximum Gasteiger partial charge on any atom is 0.279 e. The number of allylic oxidation sites excluding steroid dienone is 1. The van der Waals surface area contributed by atoms with Crippen molar-refractivity contribution in [3.8, 4) is 0 Å². The number of thioether (sulfide) groups is 1. The Kier molecular flexibility index (Phi) is 4.44. The minimum atomic E-state index is -1.85. The molecule has 0 atom stereocenters. The van der Waals surface area contributed by atoms with Crippen LogP contribution in [0.5, 0.6) is 0 Å². The molecule has 0 aromatic heterocycles. The number of hydrogen-bond donors (Lipinski definition) is 0. The summed E-state index contributed by atoms with van der Waals surface area (Å²) >= 11 is 18.2. The molecule has 0 unspecified atom stereocenters. The lowest BCUT2D eigenvalue weighted by atomic mass is 10.4. The average molecular weight is 275 g/mol. The van der Waals surface area contributed by atoms with Gasteiger partial charge in [0.15, 0.2) is 0 Å². The summed E-state index contributed by atoms with van der Waals surface area (Å²) in [5.74, 6) is 0.534. The van der Waals surface area contributed by atoms with Crippen molar-refractivity contribution in [1.82, 2.24) is 4.90 Å². The lowest BCUT2D eigenvalue weighted by molar-refractivity contribution is -0.128. The fourth-order valence-electron chi connectivity index (χ4n) is 1.18. The highest BCUT2D eigenvalue weighted by molar-refractivity contribution is 8.03. The Morgan fingerprint density at radius 3 is 2.71 bits per heavy atom.